The first-order valence-corrected chi connectivity index (χ1v) is 11.4. The molecule has 6 heteroatoms. The molecular weight excluding hydrogens is 420 g/mol. The van der Waals surface area contributed by atoms with Gasteiger partial charge >= 0.3 is 5.97 Å². The molecule has 0 bridgehead atoms. The Morgan fingerprint density at radius 2 is 1.81 bits per heavy atom. The SMILES string of the molecule is CC(CCc1ccccc1)NC(=O)COC(=O)c1cc(-c2cccs2)nc2ccccc12. The van der Waals surface area contributed by atoms with Crippen molar-refractivity contribution in [2.75, 3.05) is 6.61 Å². The van der Waals surface area contributed by atoms with E-state index in [9.17, 15) is 9.59 Å². The fraction of sp³-hybridized carbons (Fsp3) is 0.192. The van der Waals surface area contributed by atoms with Crippen molar-refractivity contribution in [1.29, 1.82) is 0 Å². The standard InChI is InChI=1S/C26H24N2O3S/c1-18(13-14-19-8-3-2-4-9-19)27-25(29)17-31-26(30)21-16-23(24-12-7-15-32-24)28-22-11-6-5-10-20(21)22/h2-12,15-16,18H,13-14,17H2,1H3,(H,27,29). The maximum Gasteiger partial charge on any atom is 0.339 e. The molecule has 2 aromatic carbocycles. The van der Waals surface area contributed by atoms with Crippen molar-refractivity contribution in [1.82, 2.24) is 10.3 Å². The fourth-order valence-corrected chi connectivity index (χ4v) is 4.21. The second-order valence-electron chi connectivity index (χ2n) is 7.62. The number of carbonyl (C=O) groups is 2. The molecule has 0 aliphatic rings. The second-order valence-corrected chi connectivity index (χ2v) is 8.57. The number of aromatic nitrogens is 1. The van der Waals surface area contributed by atoms with Crippen LogP contribution in [0.5, 0.6) is 0 Å². The molecule has 0 fully saturated rings. The van der Waals surface area contributed by atoms with Gasteiger partial charge in [-0.15, -0.1) is 11.3 Å². The summed E-state index contributed by atoms with van der Waals surface area (Å²) in [4.78, 5) is 30.8. The number of thiophene rings is 1. The van der Waals surface area contributed by atoms with Crippen LogP contribution in [0.4, 0.5) is 0 Å². The highest BCUT2D eigenvalue weighted by molar-refractivity contribution is 7.13. The van der Waals surface area contributed by atoms with Crippen molar-refractivity contribution in [3.63, 3.8) is 0 Å². The van der Waals surface area contributed by atoms with Crippen LogP contribution in [0, 0.1) is 0 Å². The number of fused-ring (bicyclic) bond motifs is 1. The predicted octanol–water partition coefficient (Wildman–Crippen LogP) is 5.26. The van der Waals surface area contributed by atoms with Crippen LogP contribution in [-0.2, 0) is 16.0 Å². The number of ether oxygens (including phenoxy) is 1. The van der Waals surface area contributed by atoms with Gasteiger partial charge in [-0.25, -0.2) is 9.78 Å². The Morgan fingerprint density at radius 3 is 2.59 bits per heavy atom. The van der Waals surface area contributed by atoms with Gasteiger partial charge in [-0.2, -0.15) is 0 Å². The Balaban J connectivity index is 1.39. The Labute approximate surface area is 191 Å². The number of aryl methyl sites for hydroxylation is 1. The van der Waals surface area contributed by atoms with Crippen LogP contribution in [0.15, 0.2) is 78.2 Å². The number of carbonyl (C=O) groups excluding carboxylic acids is 2. The van der Waals surface area contributed by atoms with Gasteiger partial charge in [0.05, 0.1) is 21.7 Å². The molecule has 1 amide bonds. The average Bonchev–Trinajstić information content (AvgIpc) is 3.36. The van der Waals surface area contributed by atoms with Crippen molar-refractivity contribution >= 4 is 34.1 Å². The van der Waals surface area contributed by atoms with Gasteiger partial charge in [-0.3, -0.25) is 4.79 Å². The lowest BCUT2D eigenvalue weighted by Gasteiger charge is -2.14. The topological polar surface area (TPSA) is 68.3 Å². The van der Waals surface area contributed by atoms with Crippen LogP contribution in [0.3, 0.4) is 0 Å². The fourth-order valence-electron chi connectivity index (χ4n) is 3.52. The number of nitrogens with one attached hydrogen (secondary N) is 1. The van der Waals surface area contributed by atoms with E-state index in [1.54, 1.807) is 17.4 Å². The molecule has 0 aliphatic heterocycles. The highest BCUT2D eigenvalue weighted by Crippen LogP contribution is 2.28. The summed E-state index contributed by atoms with van der Waals surface area (Å²) in [5.74, 6) is -0.843. The second kappa shape index (κ2) is 10.2. The summed E-state index contributed by atoms with van der Waals surface area (Å²) in [6, 6.07) is 23.2. The van der Waals surface area contributed by atoms with Gasteiger partial charge in [0.15, 0.2) is 6.61 Å². The van der Waals surface area contributed by atoms with E-state index in [1.165, 1.54) is 5.56 Å². The molecule has 4 rings (SSSR count). The van der Waals surface area contributed by atoms with E-state index >= 15 is 0 Å². The van der Waals surface area contributed by atoms with Gasteiger partial charge in [0.25, 0.3) is 5.91 Å². The number of para-hydroxylation sites is 1. The average molecular weight is 445 g/mol. The van der Waals surface area contributed by atoms with Crippen molar-refractivity contribution in [2.45, 2.75) is 25.8 Å². The van der Waals surface area contributed by atoms with Gasteiger partial charge in [0.2, 0.25) is 0 Å². The number of esters is 1. The van der Waals surface area contributed by atoms with Crippen molar-refractivity contribution < 1.29 is 14.3 Å². The smallest absolute Gasteiger partial charge is 0.339 e. The van der Waals surface area contributed by atoms with Crippen LogP contribution >= 0.6 is 11.3 Å². The Kier molecular flexibility index (Phi) is 6.92. The van der Waals surface area contributed by atoms with E-state index < -0.39 is 5.97 Å². The number of benzene rings is 2. The molecule has 1 unspecified atom stereocenters. The number of hydrogen-bond donors (Lipinski definition) is 1. The van der Waals surface area contributed by atoms with Gasteiger partial charge in [0, 0.05) is 11.4 Å². The summed E-state index contributed by atoms with van der Waals surface area (Å²) in [6.07, 6.45) is 1.68. The van der Waals surface area contributed by atoms with Crippen LogP contribution in [0.1, 0.15) is 29.3 Å². The Hall–Kier alpha value is -3.51. The zero-order chi connectivity index (χ0) is 22.3. The van der Waals surface area contributed by atoms with E-state index in [0.717, 1.165) is 17.7 Å². The minimum atomic E-state index is -0.534. The highest BCUT2D eigenvalue weighted by atomic mass is 32.1. The Bertz CT molecular complexity index is 1210. The molecule has 162 valence electrons. The first-order chi connectivity index (χ1) is 15.6. The molecule has 32 heavy (non-hydrogen) atoms. The molecule has 2 aromatic heterocycles. The van der Waals surface area contributed by atoms with Crippen molar-refractivity contribution in [3.05, 3.63) is 89.3 Å². The molecule has 0 saturated heterocycles. The van der Waals surface area contributed by atoms with Gasteiger partial charge in [-0.05, 0) is 48.9 Å². The molecule has 4 aromatic rings. The van der Waals surface area contributed by atoms with E-state index in [4.69, 9.17) is 4.74 Å². The molecule has 0 spiro atoms. The third-order valence-electron chi connectivity index (χ3n) is 5.16. The number of amides is 1. The summed E-state index contributed by atoms with van der Waals surface area (Å²) < 4.78 is 5.36. The zero-order valence-electron chi connectivity index (χ0n) is 17.8. The summed E-state index contributed by atoms with van der Waals surface area (Å²) in [5, 5.41) is 5.57. The molecule has 0 radical (unpaired) electrons. The first-order valence-electron chi connectivity index (χ1n) is 10.5. The maximum absolute atomic E-state index is 12.9. The Morgan fingerprint density at radius 1 is 1.03 bits per heavy atom. The van der Waals surface area contributed by atoms with Crippen LogP contribution in [0.2, 0.25) is 0 Å². The molecule has 0 saturated carbocycles. The third kappa shape index (κ3) is 5.39. The summed E-state index contributed by atoms with van der Waals surface area (Å²) >= 11 is 1.55. The zero-order valence-corrected chi connectivity index (χ0v) is 18.6. The summed E-state index contributed by atoms with van der Waals surface area (Å²) in [5.41, 5.74) is 3.06. The lowest BCUT2D eigenvalue weighted by Crippen LogP contribution is -2.36. The first kappa shape index (κ1) is 21.7. The maximum atomic E-state index is 12.9. The number of hydrogen-bond acceptors (Lipinski definition) is 5. The van der Waals surface area contributed by atoms with Gasteiger partial charge in [-0.1, -0.05) is 54.6 Å². The number of nitrogens with zero attached hydrogens (tertiary/aromatic N) is 1. The van der Waals surface area contributed by atoms with Crippen molar-refractivity contribution in [3.8, 4) is 10.6 Å². The number of pyridine rings is 1. The van der Waals surface area contributed by atoms with E-state index in [1.807, 2.05) is 66.9 Å². The quantitative estimate of drug-likeness (QED) is 0.377. The minimum absolute atomic E-state index is 0.0198. The molecule has 5 nitrogen and oxygen atoms in total. The van der Waals surface area contributed by atoms with Crippen molar-refractivity contribution in [2.24, 2.45) is 0 Å². The predicted molar refractivity (Wildman–Crippen MR) is 128 cm³/mol. The molecular formula is C26H24N2O3S. The van der Waals surface area contributed by atoms with Crippen LogP contribution < -0.4 is 5.32 Å². The highest BCUT2D eigenvalue weighted by Gasteiger charge is 2.17. The molecule has 2 heterocycles. The van der Waals surface area contributed by atoms with E-state index in [2.05, 4.69) is 22.4 Å². The normalized spacial score (nSPS) is 11.8. The third-order valence-corrected chi connectivity index (χ3v) is 6.05. The van der Waals surface area contributed by atoms with E-state index in [-0.39, 0.29) is 18.6 Å². The van der Waals surface area contributed by atoms with Gasteiger partial charge in [0.1, 0.15) is 0 Å². The van der Waals surface area contributed by atoms with Crippen LogP contribution in [-0.4, -0.2) is 29.5 Å². The lowest BCUT2D eigenvalue weighted by molar-refractivity contribution is -0.124. The molecule has 1 N–H and O–H groups in total. The van der Waals surface area contributed by atoms with Gasteiger partial charge < -0.3 is 10.1 Å². The largest absolute Gasteiger partial charge is 0.452 e. The lowest BCUT2D eigenvalue weighted by atomic mass is 10.1. The summed E-state index contributed by atoms with van der Waals surface area (Å²) in [6.45, 7) is 1.63. The summed E-state index contributed by atoms with van der Waals surface area (Å²) in [7, 11) is 0. The number of rotatable bonds is 8. The van der Waals surface area contributed by atoms with Crippen LogP contribution in [0.25, 0.3) is 21.5 Å². The monoisotopic (exact) mass is 444 g/mol. The van der Waals surface area contributed by atoms with E-state index in [0.29, 0.717) is 22.2 Å². The minimum Gasteiger partial charge on any atom is -0.452 e. The molecule has 1 atom stereocenters. The molecule has 0 aliphatic carbocycles.